The van der Waals surface area contributed by atoms with Gasteiger partial charge in [0, 0.05) is 25.2 Å². The molecule has 12 heteroatoms. The maximum atomic E-state index is 13.1. The zero-order chi connectivity index (χ0) is 21.1. The van der Waals surface area contributed by atoms with Crippen LogP contribution < -0.4 is 10.1 Å². The van der Waals surface area contributed by atoms with Crippen LogP contribution in [0.15, 0.2) is 30.6 Å². The first kappa shape index (κ1) is 21.3. The van der Waals surface area contributed by atoms with Gasteiger partial charge >= 0.3 is 12.2 Å². The fourth-order valence-corrected chi connectivity index (χ4v) is 1.97. The number of aromatic nitrogens is 2. The minimum atomic E-state index is -4.92. The summed E-state index contributed by atoms with van der Waals surface area (Å²) >= 11 is 0. The molecule has 1 aromatic carbocycles. The van der Waals surface area contributed by atoms with Crippen LogP contribution in [-0.4, -0.2) is 51.4 Å². The lowest BCUT2D eigenvalue weighted by Gasteiger charge is -2.30. The van der Waals surface area contributed by atoms with Crippen LogP contribution in [0, 0.1) is 11.6 Å². The van der Waals surface area contributed by atoms with Gasteiger partial charge in [0.25, 0.3) is 0 Å². The summed E-state index contributed by atoms with van der Waals surface area (Å²) in [7, 11) is 1.05. The molecule has 0 radical (unpaired) electrons. The van der Waals surface area contributed by atoms with Gasteiger partial charge in [0.15, 0.2) is 11.4 Å². The third kappa shape index (κ3) is 5.49. The van der Waals surface area contributed by atoms with Gasteiger partial charge in [-0.3, -0.25) is 5.32 Å². The fourth-order valence-electron chi connectivity index (χ4n) is 1.97. The van der Waals surface area contributed by atoms with Crippen molar-refractivity contribution in [3.8, 4) is 11.6 Å². The van der Waals surface area contributed by atoms with Crippen molar-refractivity contribution < 1.29 is 36.6 Å². The van der Waals surface area contributed by atoms with E-state index in [2.05, 4.69) is 15.3 Å². The molecular formula is C16H15F5N4O3. The molecule has 0 saturated carbocycles. The number of nitrogens with one attached hydrogen (secondary N) is 1. The summed E-state index contributed by atoms with van der Waals surface area (Å²) in [5.74, 6) is -2.15. The molecule has 1 unspecified atom stereocenters. The van der Waals surface area contributed by atoms with Crippen LogP contribution in [0.25, 0.3) is 0 Å². The summed E-state index contributed by atoms with van der Waals surface area (Å²) < 4.78 is 69.3. The van der Waals surface area contributed by atoms with E-state index >= 15 is 0 Å². The molecular weight excluding hydrogens is 391 g/mol. The highest BCUT2D eigenvalue weighted by Crippen LogP contribution is 2.30. The Bertz CT molecular complexity index is 823. The van der Waals surface area contributed by atoms with Crippen molar-refractivity contribution in [3.63, 3.8) is 0 Å². The normalized spacial score (nSPS) is 13.6. The molecule has 0 spiro atoms. The van der Waals surface area contributed by atoms with E-state index in [-0.39, 0.29) is 17.4 Å². The van der Waals surface area contributed by atoms with Crippen molar-refractivity contribution in [2.75, 3.05) is 18.9 Å². The highest BCUT2D eigenvalue weighted by molar-refractivity contribution is 5.87. The molecule has 0 aliphatic heterocycles. The van der Waals surface area contributed by atoms with E-state index in [0.29, 0.717) is 17.9 Å². The Morgan fingerprint density at radius 3 is 2.29 bits per heavy atom. The van der Waals surface area contributed by atoms with Crippen molar-refractivity contribution in [2.24, 2.45) is 0 Å². The predicted molar refractivity (Wildman–Crippen MR) is 86.8 cm³/mol. The van der Waals surface area contributed by atoms with Gasteiger partial charge in [-0.1, -0.05) is 0 Å². The van der Waals surface area contributed by atoms with Crippen molar-refractivity contribution in [2.45, 2.75) is 18.7 Å². The predicted octanol–water partition coefficient (Wildman–Crippen LogP) is 3.32. The first-order valence-corrected chi connectivity index (χ1v) is 7.64. The second kappa shape index (κ2) is 7.92. The summed E-state index contributed by atoms with van der Waals surface area (Å²) in [4.78, 5) is 20.1. The largest absolute Gasteiger partial charge is 0.437 e. The van der Waals surface area contributed by atoms with Gasteiger partial charge in [-0.2, -0.15) is 13.2 Å². The van der Waals surface area contributed by atoms with E-state index in [9.17, 15) is 31.9 Å². The standard InChI is InChI=1S/C16H15F5N4O3/c1-15(27,16(19,20)21)8-25(2)14(26)24-12-6-23-13(7-22-12)28-11-4-9(17)3-10(18)5-11/h3-7,27H,8H2,1-2H3,(H,22,24,26). The molecule has 0 aliphatic rings. The topological polar surface area (TPSA) is 87.6 Å². The lowest BCUT2D eigenvalue weighted by molar-refractivity contribution is -0.254. The molecule has 2 N–H and O–H groups in total. The quantitative estimate of drug-likeness (QED) is 0.744. The summed E-state index contributed by atoms with van der Waals surface area (Å²) in [6.07, 6.45) is -2.86. The Morgan fingerprint density at radius 2 is 1.79 bits per heavy atom. The van der Waals surface area contributed by atoms with Crippen molar-refractivity contribution >= 4 is 11.8 Å². The molecule has 1 heterocycles. The molecule has 1 atom stereocenters. The van der Waals surface area contributed by atoms with Crippen molar-refractivity contribution in [1.82, 2.24) is 14.9 Å². The minimum Gasteiger partial charge on any atom is -0.437 e. The molecule has 2 amide bonds. The van der Waals surface area contributed by atoms with Crippen LogP contribution in [-0.2, 0) is 0 Å². The SMILES string of the molecule is CN(CC(C)(O)C(F)(F)F)C(=O)Nc1cnc(Oc2cc(F)cc(F)c2)cn1. The van der Waals surface area contributed by atoms with Crippen LogP contribution in [0.3, 0.4) is 0 Å². The highest BCUT2D eigenvalue weighted by Gasteiger charge is 2.50. The van der Waals surface area contributed by atoms with Crippen LogP contribution >= 0.6 is 0 Å². The van der Waals surface area contributed by atoms with Crippen LogP contribution in [0.4, 0.5) is 32.6 Å². The molecule has 2 aromatic rings. The van der Waals surface area contributed by atoms with Crippen molar-refractivity contribution in [3.05, 3.63) is 42.2 Å². The van der Waals surface area contributed by atoms with Gasteiger partial charge < -0.3 is 14.7 Å². The number of amides is 2. The van der Waals surface area contributed by atoms with E-state index in [4.69, 9.17) is 4.74 Å². The van der Waals surface area contributed by atoms with Gasteiger partial charge in [0.05, 0.1) is 18.9 Å². The number of anilines is 1. The van der Waals surface area contributed by atoms with Crippen LogP contribution in [0.1, 0.15) is 6.92 Å². The monoisotopic (exact) mass is 406 g/mol. The minimum absolute atomic E-state index is 0.124. The van der Waals surface area contributed by atoms with E-state index in [1.807, 2.05) is 0 Å². The summed E-state index contributed by atoms with van der Waals surface area (Å²) in [5, 5.41) is 11.6. The van der Waals surface area contributed by atoms with Crippen LogP contribution in [0.2, 0.25) is 0 Å². The van der Waals surface area contributed by atoms with Gasteiger partial charge in [-0.15, -0.1) is 0 Å². The smallest absolute Gasteiger partial charge is 0.418 e. The molecule has 0 aliphatic carbocycles. The first-order valence-electron chi connectivity index (χ1n) is 7.64. The lowest BCUT2D eigenvalue weighted by atomic mass is 10.1. The maximum Gasteiger partial charge on any atom is 0.418 e. The second-order valence-corrected chi connectivity index (χ2v) is 6.00. The Hall–Kier alpha value is -3.02. The molecule has 0 bridgehead atoms. The second-order valence-electron chi connectivity index (χ2n) is 6.00. The number of rotatable bonds is 5. The average molecular weight is 406 g/mol. The Kier molecular flexibility index (Phi) is 6.02. The number of alkyl halides is 3. The van der Waals surface area contributed by atoms with E-state index in [1.54, 1.807) is 0 Å². The third-order valence-electron chi connectivity index (χ3n) is 3.42. The molecule has 7 nitrogen and oxygen atoms in total. The molecule has 1 aromatic heterocycles. The van der Waals surface area contributed by atoms with Gasteiger partial charge in [-0.25, -0.2) is 23.5 Å². The molecule has 2 rings (SSSR count). The first-order chi connectivity index (χ1) is 12.9. The third-order valence-corrected chi connectivity index (χ3v) is 3.42. The lowest BCUT2D eigenvalue weighted by Crippen LogP contribution is -2.52. The van der Waals surface area contributed by atoms with Crippen LogP contribution in [0.5, 0.6) is 11.6 Å². The fraction of sp³-hybridized carbons (Fsp3) is 0.312. The number of likely N-dealkylation sites (N-methyl/N-ethyl adjacent to an activating group) is 1. The van der Waals surface area contributed by atoms with Gasteiger partial charge in [-0.05, 0) is 6.92 Å². The molecule has 0 saturated heterocycles. The Balaban J connectivity index is 1.99. The zero-order valence-electron chi connectivity index (χ0n) is 14.6. The molecule has 28 heavy (non-hydrogen) atoms. The summed E-state index contributed by atoms with van der Waals surface area (Å²) in [6.45, 7) is -0.472. The maximum absolute atomic E-state index is 13.1. The molecule has 0 fully saturated rings. The highest BCUT2D eigenvalue weighted by atomic mass is 19.4. The number of carbonyl (C=O) groups excluding carboxylic acids is 1. The molecule has 152 valence electrons. The van der Waals surface area contributed by atoms with Gasteiger partial charge in [0.2, 0.25) is 5.88 Å². The number of hydrogen-bond acceptors (Lipinski definition) is 5. The number of ether oxygens (including phenoxy) is 1. The summed E-state index contributed by atoms with van der Waals surface area (Å²) in [6, 6.07) is 1.52. The number of halogens is 5. The number of aliphatic hydroxyl groups is 1. The number of urea groups is 1. The van der Waals surface area contributed by atoms with E-state index < -0.39 is 36.0 Å². The summed E-state index contributed by atoms with van der Waals surface area (Å²) in [5.41, 5.74) is -3.09. The van der Waals surface area contributed by atoms with Gasteiger partial charge in [0.1, 0.15) is 17.4 Å². The number of nitrogens with zero attached hydrogens (tertiary/aromatic N) is 3. The van der Waals surface area contributed by atoms with E-state index in [0.717, 1.165) is 31.6 Å². The zero-order valence-corrected chi connectivity index (χ0v) is 14.6. The number of benzene rings is 1. The van der Waals surface area contributed by atoms with E-state index in [1.165, 1.54) is 0 Å². The Morgan fingerprint density at radius 1 is 1.18 bits per heavy atom. The number of carbonyl (C=O) groups is 1. The number of hydrogen-bond donors (Lipinski definition) is 2. The van der Waals surface area contributed by atoms with Crippen molar-refractivity contribution in [1.29, 1.82) is 0 Å². The Labute approximate surface area is 155 Å². The average Bonchev–Trinajstić information content (AvgIpc) is 2.54.